The summed E-state index contributed by atoms with van der Waals surface area (Å²) in [6.45, 7) is 4.56. The minimum Gasteiger partial charge on any atom is -0.0802 e. The highest BCUT2D eigenvalue weighted by atomic mass is 14.5. The highest BCUT2D eigenvalue weighted by Gasteiger charge is 2.51. The number of fused-ring (bicyclic) bond motifs is 2. The van der Waals surface area contributed by atoms with Gasteiger partial charge in [-0.15, -0.1) is 0 Å². The molecule has 0 aliphatic heterocycles. The summed E-state index contributed by atoms with van der Waals surface area (Å²) in [5.41, 5.74) is 11.8. The van der Waals surface area contributed by atoms with Gasteiger partial charge in [-0.3, -0.25) is 0 Å². The van der Waals surface area contributed by atoms with Crippen LogP contribution in [0.1, 0.15) is 37.8 Å². The van der Waals surface area contributed by atoms with Crippen molar-refractivity contribution in [1.82, 2.24) is 0 Å². The first kappa shape index (κ1) is 18.6. The first-order valence-corrected chi connectivity index (χ1v) is 11.5. The average Bonchev–Trinajstić information content (AvgIpc) is 2.96. The zero-order valence-electron chi connectivity index (χ0n) is 18.3. The van der Waals surface area contributed by atoms with Crippen LogP contribution in [0, 0.1) is 11.8 Å². The van der Waals surface area contributed by atoms with E-state index in [2.05, 4.69) is 111 Å². The van der Waals surface area contributed by atoms with Gasteiger partial charge in [0.25, 0.3) is 0 Å². The maximum absolute atomic E-state index is 2.57. The quantitative estimate of drug-likeness (QED) is 0.486. The molecule has 0 spiro atoms. The zero-order chi connectivity index (χ0) is 21.0. The standard InChI is InChI=1S/C31H28/c1-21-10-9-15-25-26-17-16-22(2)30-29(26)27(28(25)20-21)18-19-31(30,23-11-5-3-6-12-23)24-13-7-4-8-14-24/h3-14,16-18,20,26,29H,15,19H2,1-2H3. The van der Waals surface area contributed by atoms with Crippen molar-refractivity contribution in [2.24, 2.45) is 11.8 Å². The topological polar surface area (TPSA) is 0 Å². The van der Waals surface area contributed by atoms with E-state index < -0.39 is 0 Å². The predicted octanol–water partition coefficient (Wildman–Crippen LogP) is 7.64. The highest BCUT2D eigenvalue weighted by molar-refractivity contribution is 5.67. The molecular weight excluding hydrogens is 372 g/mol. The van der Waals surface area contributed by atoms with Gasteiger partial charge in [0.2, 0.25) is 0 Å². The maximum Gasteiger partial charge on any atom is 0.0457 e. The molecular formula is C31H28. The van der Waals surface area contributed by atoms with Crippen LogP contribution in [0.5, 0.6) is 0 Å². The molecule has 4 aliphatic rings. The molecule has 152 valence electrons. The number of rotatable bonds is 2. The molecule has 0 aromatic heterocycles. The fourth-order valence-corrected chi connectivity index (χ4v) is 6.51. The van der Waals surface area contributed by atoms with Crippen LogP contribution in [0.2, 0.25) is 0 Å². The second kappa shape index (κ2) is 6.95. The molecule has 2 aromatic rings. The second-order valence-corrected chi connectivity index (χ2v) is 9.39. The molecule has 0 heteroatoms. The Morgan fingerprint density at radius 2 is 1.52 bits per heavy atom. The first-order chi connectivity index (χ1) is 15.2. The molecule has 0 bridgehead atoms. The Morgan fingerprint density at radius 1 is 0.839 bits per heavy atom. The van der Waals surface area contributed by atoms with Crippen molar-refractivity contribution in [3.8, 4) is 0 Å². The van der Waals surface area contributed by atoms with Gasteiger partial charge in [-0.05, 0) is 54.5 Å². The monoisotopic (exact) mass is 400 g/mol. The van der Waals surface area contributed by atoms with Crippen LogP contribution >= 0.6 is 0 Å². The van der Waals surface area contributed by atoms with Gasteiger partial charge in [0.15, 0.2) is 0 Å². The van der Waals surface area contributed by atoms with Gasteiger partial charge < -0.3 is 0 Å². The van der Waals surface area contributed by atoms with E-state index >= 15 is 0 Å². The third-order valence-corrected chi connectivity index (χ3v) is 7.75. The molecule has 6 rings (SSSR count). The van der Waals surface area contributed by atoms with Gasteiger partial charge >= 0.3 is 0 Å². The van der Waals surface area contributed by atoms with Crippen LogP contribution in [-0.4, -0.2) is 0 Å². The molecule has 0 N–H and O–H groups in total. The van der Waals surface area contributed by atoms with Gasteiger partial charge in [-0.1, -0.05) is 114 Å². The summed E-state index contributed by atoms with van der Waals surface area (Å²) in [7, 11) is 0. The van der Waals surface area contributed by atoms with Gasteiger partial charge in [-0.25, -0.2) is 0 Å². The molecule has 0 radical (unpaired) electrons. The molecule has 0 saturated heterocycles. The largest absolute Gasteiger partial charge is 0.0802 e. The Bertz CT molecular complexity index is 1190. The average molecular weight is 401 g/mol. The molecule has 2 aromatic carbocycles. The Labute approximate surface area is 185 Å². The lowest BCUT2D eigenvalue weighted by Crippen LogP contribution is -2.39. The van der Waals surface area contributed by atoms with Gasteiger partial charge in [0, 0.05) is 17.3 Å². The third-order valence-electron chi connectivity index (χ3n) is 7.75. The molecule has 31 heavy (non-hydrogen) atoms. The van der Waals surface area contributed by atoms with E-state index in [-0.39, 0.29) is 5.41 Å². The number of allylic oxidation sites excluding steroid dienone is 12. The van der Waals surface area contributed by atoms with Crippen molar-refractivity contribution < 1.29 is 0 Å². The molecule has 0 amide bonds. The lowest BCUT2D eigenvalue weighted by molar-refractivity contribution is 0.459. The maximum atomic E-state index is 2.57. The normalized spacial score (nSPS) is 25.6. The van der Waals surface area contributed by atoms with Crippen LogP contribution in [0.15, 0.2) is 131 Å². The third kappa shape index (κ3) is 2.61. The van der Waals surface area contributed by atoms with E-state index in [0.717, 1.165) is 12.8 Å². The minimum atomic E-state index is -0.108. The van der Waals surface area contributed by atoms with Crippen molar-refractivity contribution in [1.29, 1.82) is 0 Å². The molecule has 2 unspecified atom stereocenters. The van der Waals surface area contributed by atoms with Crippen LogP contribution in [0.25, 0.3) is 0 Å². The molecule has 0 saturated carbocycles. The predicted molar refractivity (Wildman–Crippen MR) is 130 cm³/mol. The Kier molecular flexibility index (Phi) is 4.18. The SMILES string of the molecule is CC1=CC2=C(CC=C1)C1C=CC(C)=C3C1C2=CCC3(c1ccccc1)c1ccccc1. The van der Waals surface area contributed by atoms with E-state index in [1.807, 2.05) is 0 Å². The van der Waals surface area contributed by atoms with E-state index in [4.69, 9.17) is 0 Å². The van der Waals surface area contributed by atoms with Gasteiger partial charge in [0.1, 0.15) is 0 Å². The highest BCUT2D eigenvalue weighted by Crippen LogP contribution is 2.61. The summed E-state index contributed by atoms with van der Waals surface area (Å²) in [5, 5.41) is 0. The molecule has 4 aliphatic carbocycles. The fraction of sp³-hybridized carbons (Fsp3) is 0.226. The van der Waals surface area contributed by atoms with Gasteiger partial charge in [-0.2, -0.15) is 0 Å². The van der Waals surface area contributed by atoms with Crippen molar-refractivity contribution in [3.63, 3.8) is 0 Å². The summed E-state index contributed by atoms with van der Waals surface area (Å²) in [6, 6.07) is 22.4. The lowest BCUT2D eigenvalue weighted by atomic mass is 9.56. The second-order valence-electron chi connectivity index (χ2n) is 9.39. The molecule has 0 nitrogen and oxygen atoms in total. The minimum absolute atomic E-state index is 0.108. The molecule has 2 atom stereocenters. The molecule has 0 fully saturated rings. The van der Waals surface area contributed by atoms with Crippen LogP contribution in [0.4, 0.5) is 0 Å². The van der Waals surface area contributed by atoms with Gasteiger partial charge in [0.05, 0.1) is 0 Å². The summed E-state index contributed by atoms with van der Waals surface area (Å²) >= 11 is 0. The Morgan fingerprint density at radius 3 is 2.19 bits per heavy atom. The van der Waals surface area contributed by atoms with Crippen molar-refractivity contribution in [3.05, 3.63) is 142 Å². The molecule has 0 heterocycles. The summed E-state index contributed by atoms with van der Waals surface area (Å²) in [6.07, 6.45) is 16.6. The van der Waals surface area contributed by atoms with Crippen molar-refractivity contribution >= 4 is 0 Å². The lowest BCUT2D eigenvalue weighted by Gasteiger charge is -2.47. The number of hydrogen-bond acceptors (Lipinski definition) is 0. The van der Waals surface area contributed by atoms with Crippen molar-refractivity contribution in [2.75, 3.05) is 0 Å². The number of benzene rings is 2. The summed E-state index contributed by atoms with van der Waals surface area (Å²) < 4.78 is 0. The van der Waals surface area contributed by atoms with Crippen molar-refractivity contribution in [2.45, 2.75) is 32.1 Å². The zero-order valence-corrected chi connectivity index (χ0v) is 18.3. The van der Waals surface area contributed by atoms with E-state index in [1.54, 1.807) is 16.7 Å². The summed E-state index contributed by atoms with van der Waals surface area (Å²) in [5.74, 6) is 0.915. The Balaban J connectivity index is 1.64. The van der Waals surface area contributed by atoms with E-state index in [1.165, 1.54) is 27.8 Å². The fourth-order valence-electron chi connectivity index (χ4n) is 6.51. The smallest absolute Gasteiger partial charge is 0.0457 e. The first-order valence-electron chi connectivity index (χ1n) is 11.5. The Hall–Kier alpha value is -3.12. The van der Waals surface area contributed by atoms with Crippen LogP contribution in [0.3, 0.4) is 0 Å². The van der Waals surface area contributed by atoms with E-state index in [0.29, 0.717) is 11.8 Å². The number of hydrogen-bond donors (Lipinski definition) is 0. The van der Waals surface area contributed by atoms with Crippen LogP contribution < -0.4 is 0 Å². The van der Waals surface area contributed by atoms with E-state index in [9.17, 15) is 0 Å². The summed E-state index contributed by atoms with van der Waals surface area (Å²) in [4.78, 5) is 0. The van der Waals surface area contributed by atoms with Crippen LogP contribution in [-0.2, 0) is 5.41 Å².